The Morgan fingerprint density at radius 1 is 0.909 bits per heavy atom. The van der Waals surface area contributed by atoms with Crippen molar-refractivity contribution >= 4 is 25.7 Å². The zero-order valence-electron chi connectivity index (χ0n) is 22.1. The smallest absolute Gasteiger partial charge is 0.220 e. The fourth-order valence-corrected chi connectivity index (χ4v) is 8.18. The van der Waals surface area contributed by atoms with E-state index in [4.69, 9.17) is 4.42 Å². The van der Waals surface area contributed by atoms with Crippen LogP contribution in [0.15, 0.2) is 16.7 Å². The molecule has 1 rings (SSSR count). The van der Waals surface area contributed by atoms with E-state index in [0.29, 0.717) is 19.3 Å². The number of aldehydes is 1. The van der Waals surface area contributed by atoms with Gasteiger partial charge in [-0.15, -0.1) is 0 Å². The lowest BCUT2D eigenvalue weighted by atomic mass is 10.0. The maximum atomic E-state index is 12.5. The summed E-state index contributed by atoms with van der Waals surface area (Å²) in [6, 6.07) is 5.82. The second-order valence-corrected chi connectivity index (χ2v) is 14.9. The molecule has 1 amide bonds. The minimum atomic E-state index is -1.57. The highest BCUT2D eigenvalue weighted by molar-refractivity contribution is 6.90. The molecule has 0 radical (unpaired) electrons. The first kappa shape index (κ1) is 29.7. The summed E-state index contributed by atoms with van der Waals surface area (Å²) in [5.74, 6) is 0.0432. The Hall–Kier alpha value is -1.36. The van der Waals surface area contributed by atoms with Gasteiger partial charge in [-0.3, -0.25) is 4.79 Å². The second kappa shape index (κ2) is 18.0. The number of hydrogen-bond donors (Lipinski definition) is 1. The molecule has 33 heavy (non-hydrogen) atoms. The summed E-state index contributed by atoms with van der Waals surface area (Å²) in [6.45, 7) is 9.13. The van der Waals surface area contributed by atoms with Gasteiger partial charge in [0.1, 0.15) is 14.4 Å². The SMILES string of the molecule is CCCCCCCCCCCCC(NC(=O)CCCC=O)c1coc([Si](CC)(CC)CC)c1. The first-order chi connectivity index (χ1) is 16.1. The Morgan fingerprint density at radius 3 is 2.03 bits per heavy atom. The molecule has 1 N–H and O–H groups in total. The van der Waals surface area contributed by atoms with Crippen molar-refractivity contribution < 1.29 is 14.0 Å². The van der Waals surface area contributed by atoms with Gasteiger partial charge in [0, 0.05) is 18.4 Å². The molecule has 1 atom stereocenters. The summed E-state index contributed by atoms with van der Waals surface area (Å²) in [5, 5.41) is 4.43. The van der Waals surface area contributed by atoms with Crippen LogP contribution in [0.1, 0.15) is 129 Å². The fourth-order valence-electron chi connectivity index (χ4n) is 4.85. The van der Waals surface area contributed by atoms with Gasteiger partial charge in [0.15, 0.2) is 0 Å². The highest BCUT2D eigenvalue weighted by Gasteiger charge is 2.33. The Morgan fingerprint density at radius 2 is 1.48 bits per heavy atom. The molecule has 0 aromatic carbocycles. The van der Waals surface area contributed by atoms with Crippen LogP contribution in [0.2, 0.25) is 18.1 Å². The van der Waals surface area contributed by atoms with Crippen LogP contribution in [-0.4, -0.2) is 20.3 Å². The Labute approximate surface area is 204 Å². The molecule has 5 heteroatoms. The van der Waals surface area contributed by atoms with Crippen LogP contribution in [0.5, 0.6) is 0 Å². The molecule has 0 bridgehead atoms. The molecule has 0 aliphatic heterocycles. The molecule has 1 aromatic heterocycles. The van der Waals surface area contributed by atoms with Crippen molar-refractivity contribution in [2.45, 2.75) is 142 Å². The molecular weight excluding hydrogens is 426 g/mol. The fraction of sp³-hybridized carbons (Fsp3) is 0.786. The minimum absolute atomic E-state index is 0.0116. The number of carbonyl (C=O) groups is 2. The van der Waals surface area contributed by atoms with Gasteiger partial charge >= 0.3 is 0 Å². The van der Waals surface area contributed by atoms with Gasteiger partial charge in [-0.1, -0.05) is 110 Å². The first-order valence-corrected chi connectivity index (χ1v) is 16.5. The van der Waals surface area contributed by atoms with Gasteiger partial charge in [-0.05, 0) is 18.9 Å². The third-order valence-corrected chi connectivity index (χ3v) is 12.9. The maximum Gasteiger partial charge on any atom is 0.220 e. The number of nitrogens with one attached hydrogen (secondary N) is 1. The van der Waals surface area contributed by atoms with Crippen LogP contribution in [0.3, 0.4) is 0 Å². The molecule has 1 aromatic rings. The molecule has 0 aliphatic rings. The topological polar surface area (TPSA) is 59.3 Å². The van der Waals surface area contributed by atoms with Gasteiger partial charge in [-0.25, -0.2) is 0 Å². The van der Waals surface area contributed by atoms with Gasteiger partial charge in [0.25, 0.3) is 0 Å². The van der Waals surface area contributed by atoms with Crippen molar-refractivity contribution in [3.8, 4) is 0 Å². The van der Waals surface area contributed by atoms with Crippen LogP contribution in [0.4, 0.5) is 0 Å². The van der Waals surface area contributed by atoms with E-state index >= 15 is 0 Å². The highest BCUT2D eigenvalue weighted by Crippen LogP contribution is 2.26. The predicted molar refractivity (Wildman–Crippen MR) is 143 cm³/mol. The minimum Gasteiger partial charge on any atom is -0.474 e. The molecule has 0 saturated heterocycles. The number of carbonyl (C=O) groups excluding carboxylic acids is 2. The van der Waals surface area contributed by atoms with Crippen molar-refractivity contribution in [1.82, 2.24) is 5.32 Å². The lowest BCUT2D eigenvalue weighted by Gasteiger charge is -2.25. The molecule has 4 nitrogen and oxygen atoms in total. The van der Waals surface area contributed by atoms with E-state index in [1.165, 1.54) is 81.3 Å². The van der Waals surface area contributed by atoms with Crippen molar-refractivity contribution in [2.24, 2.45) is 0 Å². The van der Waals surface area contributed by atoms with E-state index in [1.54, 1.807) is 0 Å². The number of hydrogen-bond acceptors (Lipinski definition) is 3. The third-order valence-electron chi connectivity index (χ3n) is 7.48. The molecule has 1 heterocycles. The van der Waals surface area contributed by atoms with E-state index in [2.05, 4.69) is 39.1 Å². The maximum absolute atomic E-state index is 12.5. The monoisotopic (exact) mass is 477 g/mol. The van der Waals surface area contributed by atoms with Gasteiger partial charge in [0.05, 0.1) is 17.7 Å². The van der Waals surface area contributed by atoms with Crippen LogP contribution < -0.4 is 10.7 Å². The summed E-state index contributed by atoms with van der Waals surface area (Å²) in [7, 11) is -1.57. The van der Waals surface area contributed by atoms with E-state index in [9.17, 15) is 9.59 Å². The third kappa shape index (κ3) is 11.1. The molecule has 0 spiro atoms. The first-order valence-electron chi connectivity index (χ1n) is 13.9. The summed E-state index contributed by atoms with van der Waals surface area (Å²) < 4.78 is 6.13. The van der Waals surface area contributed by atoms with Crippen LogP contribution in [0.25, 0.3) is 0 Å². The van der Waals surface area contributed by atoms with Gasteiger partial charge in [-0.2, -0.15) is 0 Å². The van der Waals surface area contributed by atoms with E-state index < -0.39 is 8.07 Å². The molecule has 0 fully saturated rings. The summed E-state index contributed by atoms with van der Waals surface area (Å²) in [5.41, 5.74) is 1.12. The van der Waals surface area contributed by atoms with Crippen molar-refractivity contribution in [1.29, 1.82) is 0 Å². The van der Waals surface area contributed by atoms with Crippen molar-refractivity contribution in [3.63, 3.8) is 0 Å². The van der Waals surface area contributed by atoms with E-state index in [1.807, 2.05) is 6.26 Å². The average molecular weight is 478 g/mol. The Kier molecular flexibility index (Phi) is 16.2. The largest absolute Gasteiger partial charge is 0.474 e. The molecule has 0 aliphatic carbocycles. The average Bonchev–Trinajstić information content (AvgIpc) is 3.32. The highest BCUT2D eigenvalue weighted by atomic mass is 28.3. The van der Waals surface area contributed by atoms with Crippen LogP contribution in [-0.2, 0) is 9.59 Å². The standard InChI is InChI=1S/C28H51NO3Si/c1-5-9-10-11-12-13-14-15-16-17-20-26(29-27(31)21-18-19-22-30)25-23-28(32-24-25)33(6-2,7-3)8-4/h22-24,26H,5-21H2,1-4H3,(H,29,31). The normalized spacial score (nSPS) is 12.6. The summed E-state index contributed by atoms with van der Waals surface area (Å²) >= 11 is 0. The van der Waals surface area contributed by atoms with Crippen molar-refractivity contribution in [3.05, 3.63) is 17.9 Å². The summed E-state index contributed by atoms with van der Waals surface area (Å²) in [6.07, 6.45) is 18.3. The molecular formula is C28H51NO3Si. The molecule has 1 unspecified atom stereocenters. The number of furan rings is 1. The molecule has 0 saturated carbocycles. The summed E-state index contributed by atoms with van der Waals surface area (Å²) in [4.78, 5) is 23.1. The van der Waals surface area contributed by atoms with Gasteiger partial charge in [0.2, 0.25) is 5.91 Å². The van der Waals surface area contributed by atoms with E-state index in [0.717, 1.165) is 24.7 Å². The van der Waals surface area contributed by atoms with E-state index in [-0.39, 0.29) is 11.9 Å². The zero-order chi connectivity index (χ0) is 24.4. The zero-order valence-corrected chi connectivity index (χ0v) is 23.1. The van der Waals surface area contributed by atoms with Crippen LogP contribution in [0, 0.1) is 0 Å². The lowest BCUT2D eigenvalue weighted by Crippen LogP contribution is -2.45. The lowest BCUT2D eigenvalue weighted by molar-refractivity contribution is -0.122. The number of rotatable bonds is 21. The van der Waals surface area contributed by atoms with Crippen LogP contribution >= 0.6 is 0 Å². The number of amides is 1. The number of unbranched alkanes of at least 4 members (excludes halogenated alkanes) is 10. The molecule has 190 valence electrons. The van der Waals surface area contributed by atoms with Gasteiger partial charge < -0.3 is 14.5 Å². The Balaban J connectivity index is 2.62. The second-order valence-electron chi connectivity index (χ2n) is 9.73. The quantitative estimate of drug-likeness (QED) is 0.111. The predicted octanol–water partition coefficient (Wildman–Crippen LogP) is 7.83. The Bertz CT molecular complexity index is 631. The van der Waals surface area contributed by atoms with Crippen molar-refractivity contribution in [2.75, 3.05) is 0 Å².